The van der Waals surface area contributed by atoms with Crippen molar-refractivity contribution in [2.24, 2.45) is 11.3 Å². The minimum atomic E-state index is -0.354. The fraction of sp³-hybridized carbons (Fsp3) is 0.273. The van der Waals surface area contributed by atoms with Gasteiger partial charge in [-0.25, -0.2) is 0 Å². The summed E-state index contributed by atoms with van der Waals surface area (Å²) in [6, 6.07) is 0. The third-order valence-corrected chi connectivity index (χ3v) is 3.30. The van der Waals surface area contributed by atoms with E-state index in [1.54, 1.807) is 6.08 Å². The average molecular weight is 187 g/mol. The summed E-state index contributed by atoms with van der Waals surface area (Å²) in [5.74, 6) is 0.202. The predicted molar refractivity (Wildman–Crippen MR) is 52.0 cm³/mol. The minimum absolute atomic E-state index is 0.202. The summed E-state index contributed by atoms with van der Waals surface area (Å²) in [5.41, 5.74) is 1.12. The Kier molecular flexibility index (Phi) is 1.23. The third kappa shape index (κ3) is 0.726. The van der Waals surface area contributed by atoms with Crippen molar-refractivity contribution in [3.8, 4) is 0 Å². The lowest BCUT2D eigenvalue weighted by Gasteiger charge is -2.28. The normalized spacial score (nSPS) is 36.7. The lowest BCUT2D eigenvalue weighted by molar-refractivity contribution is -0.438. The molecule has 0 aromatic carbocycles. The van der Waals surface area contributed by atoms with Crippen LogP contribution in [0.2, 0.25) is 0 Å². The van der Waals surface area contributed by atoms with E-state index in [0.717, 1.165) is 12.0 Å². The summed E-state index contributed by atoms with van der Waals surface area (Å²) in [5, 5.41) is 10.9. The molecule has 0 saturated heterocycles. The molecule has 3 nitrogen and oxygen atoms in total. The number of nitro groups is 1. The van der Waals surface area contributed by atoms with Gasteiger partial charge in [-0.3, -0.25) is 10.1 Å². The first kappa shape index (κ1) is 7.74. The molecule has 14 heavy (non-hydrogen) atoms. The largest absolute Gasteiger partial charge is 0.259 e. The van der Waals surface area contributed by atoms with Gasteiger partial charge < -0.3 is 0 Å². The van der Waals surface area contributed by atoms with Crippen molar-refractivity contribution >= 4 is 0 Å². The fourth-order valence-electron chi connectivity index (χ4n) is 2.68. The topological polar surface area (TPSA) is 43.1 Å². The number of hydrogen-bond acceptors (Lipinski definition) is 2. The highest BCUT2D eigenvalue weighted by Crippen LogP contribution is 2.56. The lowest BCUT2D eigenvalue weighted by atomic mass is 9.73. The van der Waals surface area contributed by atoms with E-state index in [4.69, 9.17) is 0 Å². The molecule has 2 atom stereocenters. The van der Waals surface area contributed by atoms with E-state index in [-0.39, 0.29) is 16.3 Å². The molecule has 3 heteroatoms. The van der Waals surface area contributed by atoms with Crippen LogP contribution >= 0.6 is 0 Å². The summed E-state index contributed by atoms with van der Waals surface area (Å²) in [7, 11) is 0. The van der Waals surface area contributed by atoms with E-state index in [1.807, 2.05) is 24.3 Å². The highest BCUT2D eigenvalue weighted by molar-refractivity contribution is 5.49. The zero-order valence-electron chi connectivity index (χ0n) is 7.51. The first-order chi connectivity index (χ1) is 6.72. The Bertz CT molecular complexity index is 442. The van der Waals surface area contributed by atoms with Gasteiger partial charge in [0, 0.05) is 12.0 Å². The smallest absolute Gasteiger partial charge is 0.257 e. The quantitative estimate of drug-likeness (QED) is 0.466. The molecule has 0 saturated carbocycles. The molecule has 0 aromatic rings. The number of nitrogens with zero attached hydrogens (tertiary/aromatic N) is 1. The van der Waals surface area contributed by atoms with Gasteiger partial charge in [0.1, 0.15) is 0 Å². The molecule has 3 aliphatic rings. The van der Waals surface area contributed by atoms with Crippen LogP contribution in [0.4, 0.5) is 0 Å². The number of fused-ring (bicyclic) bond motifs is 1. The summed E-state index contributed by atoms with van der Waals surface area (Å²) >= 11 is 0. The molecule has 2 bridgehead atoms. The van der Waals surface area contributed by atoms with Crippen molar-refractivity contribution in [2.75, 3.05) is 0 Å². The van der Waals surface area contributed by atoms with Gasteiger partial charge in [0.15, 0.2) is 0 Å². The highest BCUT2D eigenvalue weighted by Gasteiger charge is 2.53. The van der Waals surface area contributed by atoms with E-state index in [9.17, 15) is 10.1 Å². The van der Waals surface area contributed by atoms with Crippen molar-refractivity contribution in [3.63, 3.8) is 0 Å². The van der Waals surface area contributed by atoms with E-state index < -0.39 is 0 Å². The van der Waals surface area contributed by atoms with Crippen molar-refractivity contribution in [3.05, 3.63) is 57.8 Å². The molecule has 0 radical (unpaired) electrons. The van der Waals surface area contributed by atoms with Gasteiger partial charge in [-0.15, -0.1) is 0 Å². The molecular weight excluding hydrogens is 178 g/mol. The molecule has 0 aromatic heterocycles. The second-order valence-corrected chi connectivity index (χ2v) is 4.02. The van der Waals surface area contributed by atoms with Gasteiger partial charge in [0.2, 0.25) is 0 Å². The summed E-state index contributed by atoms with van der Waals surface area (Å²) < 4.78 is 0. The molecule has 0 amide bonds. The van der Waals surface area contributed by atoms with Crippen molar-refractivity contribution < 1.29 is 4.92 Å². The summed E-state index contributed by atoms with van der Waals surface area (Å²) in [4.78, 5) is 10.7. The van der Waals surface area contributed by atoms with Gasteiger partial charge in [0.05, 0.1) is 10.3 Å². The maximum Gasteiger partial charge on any atom is 0.257 e. The Morgan fingerprint density at radius 3 is 3.14 bits per heavy atom. The predicted octanol–water partition coefficient (Wildman–Crippen LogP) is 2.22. The molecule has 1 spiro atoms. The van der Waals surface area contributed by atoms with Gasteiger partial charge in [-0.05, 0) is 12.0 Å². The maximum atomic E-state index is 10.9. The molecular formula is C11H9NO2. The van der Waals surface area contributed by atoms with Crippen LogP contribution in [-0.4, -0.2) is 4.92 Å². The summed E-state index contributed by atoms with van der Waals surface area (Å²) in [6.07, 6.45) is 12.6. The van der Waals surface area contributed by atoms with Gasteiger partial charge in [-0.2, -0.15) is 0 Å². The maximum absolute atomic E-state index is 10.9. The van der Waals surface area contributed by atoms with Crippen LogP contribution in [-0.2, 0) is 0 Å². The second-order valence-electron chi connectivity index (χ2n) is 4.02. The van der Waals surface area contributed by atoms with Crippen LogP contribution in [0.1, 0.15) is 6.42 Å². The standard InChI is InChI=1S/C11H9NO2/c13-12(14)10-6-8-5-9-3-1-2-4-11(9,10)7-8/h1-6,9H,7H2. The first-order valence-corrected chi connectivity index (χ1v) is 4.66. The monoisotopic (exact) mass is 187 g/mol. The zero-order valence-corrected chi connectivity index (χ0v) is 7.51. The Morgan fingerprint density at radius 2 is 2.36 bits per heavy atom. The van der Waals surface area contributed by atoms with Crippen molar-refractivity contribution in [1.29, 1.82) is 0 Å². The molecule has 0 N–H and O–H groups in total. The van der Waals surface area contributed by atoms with Gasteiger partial charge >= 0.3 is 0 Å². The van der Waals surface area contributed by atoms with Gasteiger partial charge in [0.25, 0.3) is 5.70 Å². The van der Waals surface area contributed by atoms with E-state index in [0.29, 0.717) is 5.70 Å². The Labute approximate surface area is 81.3 Å². The SMILES string of the molecule is O=[N+]([O-])C1=CC2=CC3C=CC=CC13C2. The molecule has 0 heterocycles. The van der Waals surface area contributed by atoms with Crippen LogP contribution in [0.5, 0.6) is 0 Å². The fourth-order valence-corrected chi connectivity index (χ4v) is 2.68. The van der Waals surface area contributed by atoms with Crippen molar-refractivity contribution in [2.45, 2.75) is 6.42 Å². The average Bonchev–Trinajstić information content (AvgIpc) is 2.69. The van der Waals surface area contributed by atoms with Crippen LogP contribution in [0.15, 0.2) is 47.7 Å². The molecule has 70 valence electrons. The van der Waals surface area contributed by atoms with Crippen LogP contribution < -0.4 is 0 Å². The van der Waals surface area contributed by atoms with E-state index >= 15 is 0 Å². The van der Waals surface area contributed by atoms with Gasteiger partial charge in [-0.1, -0.05) is 30.4 Å². The minimum Gasteiger partial charge on any atom is -0.259 e. The lowest BCUT2D eigenvalue weighted by Crippen LogP contribution is -2.28. The van der Waals surface area contributed by atoms with Crippen LogP contribution in [0, 0.1) is 21.4 Å². The van der Waals surface area contributed by atoms with E-state index in [1.165, 1.54) is 0 Å². The van der Waals surface area contributed by atoms with Crippen LogP contribution in [0.3, 0.4) is 0 Å². The number of allylic oxidation sites excluding steroid dienone is 7. The number of rotatable bonds is 1. The Balaban J connectivity index is 2.17. The zero-order chi connectivity index (χ0) is 9.76. The Morgan fingerprint density at radius 1 is 1.50 bits per heavy atom. The number of hydrogen-bond donors (Lipinski definition) is 0. The Hall–Kier alpha value is -1.64. The molecule has 3 rings (SSSR count). The van der Waals surface area contributed by atoms with Crippen LogP contribution in [0.25, 0.3) is 0 Å². The second kappa shape index (κ2) is 2.23. The van der Waals surface area contributed by atoms with Crippen molar-refractivity contribution in [1.82, 2.24) is 0 Å². The molecule has 0 fully saturated rings. The third-order valence-electron chi connectivity index (χ3n) is 3.30. The molecule has 3 aliphatic carbocycles. The summed E-state index contributed by atoms with van der Waals surface area (Å²) in [6.45, 7) is 0. The van der Waals surface area contributed by atoms with E-state index in [2.05, 4.69) is 6.08 Å². The highest BCUT2D eigenvalue weighted by atomic mass is 16.6. The molecule has 2 unspecified atom stereocenters. The first-order valence-electron chi connectivity index (χ1n) is 4.66. The molecule has 0 aliphatic heterocycles.